The van der Waals surface area contributed by atoms with Crippen LogP contribution in [0, 0.1) is 0 Å². The van der Waals surface area contributed by atoms with E-state index in [-0.39, 0.29) is 16.6 Å². The molecule has 3 aromatic carbocycles. The number of carbonyl (C=O) groups is 1. The molecule has 0 bridgehead atoms. The van der Waals surface area contributed by atoms with E-state index in [0.717, 1.165) is 10.8 Å². The van der Waals surface area contributed by atoms with E-state index in [9.17, 15) is 13.2 Å². The summed E-state index contributed by atoms with van der Waals surface area (Å²) >= 11 is 0. The fourth-order valence-electron chi connectivity index (χ4n) is 3.00. The molecule has 0 radical (unpaired) electrons. The van der Waals surface area contributed by atoms with E-state index >= 15 is 0 Å². The Hall–Kier alpha value is -3.19. The number of fused-ring (bicyclic) bond motifs is 2. The van der Waals surface area contributed by atoms with Crippen molar-refractivity contribution in [2.45, 2.75) is 17.9 Å². The van der Waals surface area contributed by atoms with E-state index in [0.29, 0.717) is 11.3 Å². The highest BCUT2D eigenvalue weighted by Crippen LogP contribution is 2.23. The molecule has 0 saturated heterocycles. The maximum absolute atomic E-state index is 12.5. The number of hydrogen-bond donors (Lipinski definition) is 2. The molecule has 2 N–H and O–H groups in total. The fourth-order valence-corrected chi connectivity index (χ4v) is 4.23. The van der Waals surface area contributed by atoms with Crippen molar-refractivity contribution in [2.24, 2.45) is 4.99 Å². The highest BCUT2D eigenvalue weighted by molar-refractivity contribution is 7.90. The molecule has 1 aliphatic heterocycles. The summed E-state index contributed by atoms with van der Waals surface area (Å²) in [5, 5.41) is 4.93. The van der Waals surface area contributed by atoms with Crippen molar-refractivity contribution < 1.29 is 13.2 Å². The van der Waals surface area contributed by atoms with Gasteiger partial charge in [-0.25, -0.2) is 8.42 Å². The normalized spacial score (nSPS) is 17.3. The zero-order valence-electron chi connectivity index (χ0n) is 14.5. The molecule has 1 amide bonds. The SMILES string of the molecule is C[C@H](N=C1NS(=O)(=O)c2ccccc21)C(=O)Nc1ccc2ccccc2c1. The van der Waals surface area contributed by atoms with Gasteiger partial charge in [-0.2, -0.15) is 0 Å². The van der Waals surface area contributed by atoms with Crippen LogP contribution in [0.1, 0.15) is 12.5 Å². The van der Waals surface area contributed by atoms with Gasteiger partial charge in [-0.1, -0.05) is 42.5 Å². The topological polar surface area (TPSA) is 87.6 Å². The minimum Gasteiger partial charge on any atom is -0.324 e. The van der Waals surface area contributed by atoms with Crippen molar-refractivity contribution in [1.29, 1.82) is 0 Å². The molecule has 0 aromatic heterocycles. The van der Waals surface area contributed by atoms with Gasteiger partial charge >= 0.3 is 0 Å². The number of amides is 1. The second-order valence-electron chi connectivity index (χ2n) is 6.31. The molecule has 4 rings (SSSR count). The number of nitrogens with one attached hydrogen (secondary N) is 2. The molecule has 136 valence electrons. The van der Waals surface area contributed by atoms with E-state index in [1.807, 2.05) is 42.5 Å². The van der Waals surface area contributed by atoms with Crippen LogP contribution in [-0.2, 0) is 14.8 Å². The third-order valence-electron chi connectivity index (χ3n) is 4.38. The maximum atomic E-state index is 12.5. The Balaban J connectivity index is 1.57. The third-order valence-corrected chi connectivity index (χ3v) is 5.78. The van der Waals surface area contributed by atoms with Crippen LogP contribution in [0.2, 0.25) is 0 Å². The molecule has 3 aromatic rings. The summed E-state index contributed by atoms with van der Waals surface area (Å²) in [5.41, 5.74) is 1.14. The molecule has 1 aliphatic rings. The lowest BCUT2D eigenvalue weighted by Gasteiger charge is -2.10. The van der Waals surface area contributed by atoms with Crippen molar-refractivity contribution in [3.63, 3.8) is 0 Å². The zero-order chi connectivity index (χ0) is 19.0. The Morgan fingerprint density at radius 2 is 1.70 bits per heavy atom. The molecule has 0 fully saturated rings. The van der Waals surface area contributed by atoms with Crippen LogP contribution >= 0.6 is 0 Å². The van der Waals surface area contributed by atoms with Crippen molar-refractivity contribution in [3.8, 4) is 0 Å². The van der Waals surface area contributed by atoms with Gasteiger partial charge in [0, 0.05) is 11.3 Å². The first-order valence-electron chi connectivity index (χ1n) is 8.44. The Kier molecular flexibility index (Phi) is 4.16. The molecule has 1 atom stereocenters. The predicted octanol–water partition coefficient (Wildman–Crippen LogP) is 2.91. The summed E-state index contributed by atoms with van der Waals surface area (Å²) in [7, 11) is -3.62. The van der Waals surface area contributed by atoms with Gasteiger partial charge in [-0.3, -0.25) is 14.5 Å². The quantitative estimate of drug-likeness (QED) is 0.733. The van der Waals surface area contributed by atoms with Gasteiger partial charge in [0.05, 0.1) is 4.90 Å². The number of amidine groups is 1. The van der Waals surface area contributed by atoms with Gasteiger partial charge in [0.15, 0.2) is 0 Å². The van der Waals surface area contributed by atoms with Gasteiger partial charge < -0.3 is 5.32 Å². The van der Waals surface area contributed by atoms with Gasteiger partial charge in [0.1, 0.15) is 11.9 Å². The van der Waals surface area contributed by atoms with E-state index in [1.54, 1.807) is 25.1 Å². The van der Waals surface area contributed by atoms with Gasteiger partial charge in [-0.05, 0) is 42.0 Å². The fraction of sp³-hybridized carbons (Fsp3) is 0.100. The lowest BCUT2D eigenvalue weighted by Crippen LogP contribution is -2.28. The highest BCUT2D eigenvalue weighted by atomic mass is 32.2. The summed E-state index contributed by atoms with van der Waals surface area (Å²) in [6.07, 6.45) is 0. The summed E-state index contributed by atoms with van der Waals surface area (Å²) < 4.78 is 26.7. The molecule has 7 heteroatoms. The van der Waals surface area contributed by atoms with Gasteiger partial charge in [0.25, 0.3) is 10.0 Å². The first kappa shape index (κ1) is 17.2. The van der Waals surface area contributed by atoms with Crippen molar-refractivity contribution >= 4 is 38.2 Å². The van der Waals surface area contributed by atoms with Crippen LogP contribution in [0.4, 0.5) is 5.69 Å². The second-order valence-corrected chi connectivity index (χ2v) is 7.96. The Morgan fingerprint density at radius 1 is 1.00 bits per heavy atom. The summed E-state index contributed by atoms with van der Waals surface area (Å²) in [4.78, 5) is 17.0. The van der Waals surface area contributed by atoms with Crippen LogP contribution in [0.15, 0.2) is 76.6 Å². The van der Waals surface area contributed by atoms with Crippen LogP contribution in [0.5, 0.6) is 0 Å². The average Bonchev–Trinajstić information content (AvgIpc) is 2.92. The molecule has 6 nitrogen and oxygen atoms in total. The van der Waals surface area contributed by atoms with Crippen molar-refractivity contribution in [1.82, 2.24) is 4.72 Å². The van der Waals surface area contributed by atoms with E-state index < -0.39 is 16.1 Å². The number of benzene rings is 3. The number of nitrogens with zero attached hydrogens (tertiary/aromatic N) is 1. The molecular weight excluding hydrogens is 362 g/mol. The van der Waals surface area contributed by atoms with Crippen LogP contribution in [0.25, 0.3) is 10.8 Å². The Morgan fingerprint density at radius 3 is 2.52 bits per heavy atom. The van der Waals surface area contributed by atoms with E-state index in [4.69, 9.17) is 0 Å². The lowest BCUT2D eigenvalue weighted by molar-refractivity contribution is -0.117. The first-order valence-corrected chi connectivity index (χ1v) is 9.92. The zero-order valence-corrected chi connectivity index (χ0v) is 15.3. The number of sulfonamides is 1. The monoisotopic (exact) mass is 379 g/mol. The second kappa shape index (κ2) is 6.51. The molecule has 0 aliphatic carbocycles. The number of anilines is 1. The Labute approximate surface area is 157 Å². The minimum absolute atomic E-state index is 0.172. The van der Waals surface area contributed by atoms with Gasteiger partial charge in [-0.15, -0.1) is 0 Å². The molecule has 27 heavy (non-hydrogen) atoms. The number of aliphatic imine (C=N–C) groups is 1. The third kappa shape index (κ3) is 3.29. The number of hydrogen-bond acceptors (Lipinski definition) is 4. The molecule has 0 unspecified atom stereocenters. The van der Waals surface area contributed by atoms with Crippen molar-refractivity contribution in [2.75, 3.05) is 5.32 Å². The first-order chi connectivity index (χ1) is 12.9. The maximum Gasteiger partial charge on any atom is 0.263 e. The number of carbonyl (C=O) groups excluding carboxylic acids is 1. The van der Waals surface area contributed by atoms with Crippen LogP contribution in [0.3, 0.4) is 0 Å². The van der Waals surface area contributed by atoms with Crippen LogP contribution in [-0.4, -0.2) is 26.2 Å². The van der Waals surface area contributed by atoms with E-state index in [2.05, 4.69) is 15.0 Å². The van der Waals surface area contributed by atoms with Crippen molar-refractivity contribution in [3.05, 3.63) is 72.3 Å². The van der Waals surface area contributed by atoms with Crippen LogP contribution < -0.4 is 10.0 Å². The highest BCUT2D eigenvalue weighted by Gasteiger charge is 2.31. The van der Waals surface area contributed by atoms with Gasteiger partial charge in [0.2, 0.25) is 5.91 Å². The molecular formula is C20H17N3O3S. The smallest absolute Gasteiger partial charge is 0.263 e. The predicted molar refractivity (Wildman–Crippen MR) is 105 cm³/mol. The Bertz CT molecular complexity index is 1190. The average molecular weight is 379 g/mol. The largest absolute Gasteiger partial charge is 0.324 e. The summed E-state index contributed by atoms with van der Waals surface area (Å²) in [6.45, 7) is 1.62. The molecule has 0 saturated carbocycles. The van der Waals surface area contributed by atoms with E-state index in [1.165, 1.54) is 6.07 Å². The lowest BCUT2D eigenvalue weighted by atomic mass is 10.1. The number of rotatable bonds is 3. The summed E-state index contributed by atoms with van der Waals surface area (Å²) in [6, 6.07) is 19.3. The molecule has 1 heterocycles. The molecule has 0 spiro atoms. The standard InChI is InChI=1S/C20H17N3O3S/c1-13(21-19-17-8-4-5-9-18(17)27(25,26)23-19)20(24)22-16-11-10-14-6-2-3-7-15(14)12-16/h2-13H,1H3,(H,21,23)(H,22,24)/t13-/m0/s1. The minimum atomic E-state index is -3.62. The summed E-state index contributed by atoms with van der Waals surface area (Å²) in [5.74, 6) is -0.131.